The monoisotopic (exact) mass is 372 g/mol. The van der Waals surface area contributed by atoms with Crippen molar-refractivity contribution in [3.8, 4) is 5.75 Å². The first-order valence-corrected chi connectivity index (χ1v) is 9.09. The van der Waals surface area contributed by atoms with Gasteiger partial charge in [-0.1, -0.05) is 0 Å². The molecule has 2 aliphatic rings. The smallest absolute Gasteiger partial charge is 0.268 e. The van der Waals surface area contributed by atoms with Crippen LogP contribution in [-0.2, 0) is 24.2 Å². The second-order valence-corrected chi connectivity index (χ2v) is 6.92. The number of aromatic nitrogens is 1. The van der Waals surface area contributed by atoms with Crippen LogP contribution in [0.5, 0.6) is 5.75 Å². The number of halogens is 1. The van der Waals surface area contributed by atoms with E-state index in [4.69, 9.17) is 9.47 Å². The van der Waals surface area contributed by atoms with Gasteiger partial charge in [0, 0.05) is 29.8 Å². The molecular formula is C20H21FN2O4. The summed E-state index contributed by atoms with van der Waals surface area (Å²) in [6.45, 7) is 2.58. The van der Waals surface area contributed by atoms with E-state index >= 15 is 0 Å². The number of nitrogens with one attached hydrogen (secondary N) is 2. The van der Waals surface area contributed by atoms with Gasteiger partial charge in [-0.25, -0.2) is 4.39 Å². The molecule has 27 heavy (non-hydrogen) atoms. The number of hydrogen-bond donors (Lipinski definition) is 2. The summed E-state index contributed by atoms with van der Waals surface area (Å²) in [7, 11) is 0. The summed E-state index contributed by atoms with van der Waals surface area (Å²) in [6.07, 6.45) is 2.55. The number of aromatic amines is 1. The van der Waals surface area contributed by atoms with Crippen molar-refractivity contribution in [1.29, 1.82) is 0 Å². The zero-order valence-corrected chi connectivity index (χ0v) is 15.1. The minimum Gasteiger partial charge on any atom is -0.467 e. The number of benzene rings is 1. The van der Waals surface area contributed by atoms with Crippen molar-refractivity contribution in [3.05, 3.63) is 51.6 Å². The van der Waals surface area contributed by atoms with Gasteiger partial charge in [-0.2, -0.15) is 0 Å². The standard InChI is InChI=1S/C20H21FN2O4/c1-11-17-15(3-2-4-16(17)24)23-18(11)20(25)22-6-5-12-7-14(21)8-13-9-26-10-27-19(12)13/h7-8,23H,2-6,9-10H2,1H3,(H,22,25). The number of rotatable bonds is 4. The van der Waals surface area contributed by atoms with Crippen LogP contribution in [-0.4, -0.2) is 30.0 Å². The molecule has 1 aromatic heterocycles. The molecule has 7 heteroatoms. The maximum Gasteiger partial charge on any atom is 0.268 e. The number of Topliss-reactive ketones (excluding diaryl/α,β-unsaturated/α-hetero) is 1. The van der Waals surface area contributed by atoms with Gasteiger partial charge in [0.2, 0.25) is 0 Å². The van der Waals surface area contributed by atoms with Gasteiger partial charge in [0.15, 0.2) is 12.6 Å². The van der Waals surface area contributed by atoms with E-state index in [1.165, 1.54) is 12.1 Å². The maximum absolute atomic E-state index is 13.8. The van der Waals surface area contributed by atoms with Crippen molar-refractivity contribution >= 4 is 11.7 Å². The molecule has 0 bridgehead atoms. The lowest BCUT2D eigenvalue weighted by Crippen LogP contribution is -2.27. The first kappa shape index (κ1) is 17.7. The van der Waals surface area contributed by atoms with Crippen LogP contribution in [0.2, 0.25) is 0 Å². The molecule has 0 unspecified atom stereocenters. The number of carbonyl (C=O) groups excluding carboxylic acids is 2. The number of ketones is 1. The number of H-pyrrole nitrogens is 1. The van der Waals surface area contributed by atoms with Gasteiger partial charge in [0.05, 0.1) is 6.61 Å². The Morgan fingerprint density at radius 3 is 3.00 bits per heavy atom. The van der Waals surface area contributed by atoms with Gasteiger partial charge >= 0.3 is 0 Å². The largest absolute Gasteiger partial charge is 0.467 e. The van der Waals surface area contributed by atoms with E-state index in [1.807, 2.05) is 0 Å². The van der Waals surface area contributed by atoms with Crippen molar-refractivity contribution in [3.63, 3.8) is 0 Å². The average Bonchev–Trinajstić information content (AvgIpc) is 2.99. The van der Waals surface area contributed by atoms with Crippen LogP contribution >= 0.6 is 0 Å². The lowest BCUT2D eigenvalue weighted by atomic mass is 9.94. The van der Waals surface area contributed by atoms with E-state index < -0.39 is 0 Å². The first-order valence-electron chi connectivity index (χ1n) is 9.09. The Hall–Kier alpha value is -2.67. The molecule has 0 atom stereocenters. The molecule has 2 N–H and O–H groups in total. The fourth-order valence-electron chi connectivity index (χ4n) is 3.84. The minimum absolute atomic E-state index is 0.0924. The van der Waals surface area contributed by atoms with Crippen LogP contribution in [0.15, 0.2) is 12.1 Å². The predicted molar refractivity (Wildman–Crippen MR) is 95.5 cm³/mol. The van der Waals surface area contributed by atoms with Crippen molar-refractivity contribution < 1.29 is 23.5 Å². The zero-order chi connectivity index (χ0) is 19.0. The summed E-state index contributed by atoms with van der Waals surface area (Å²) in [5.41, 5.74) is 4.03. The third-order valence-electron chi connectivity index (χ3n) is 5.10. The van der Waals surface area contributed by atoms with Crippen LogP contribution in [0.4, 0.5) is 4.39 Å². The Kier molecular flexibility index (Phi) is 4.70. The topological polar surface area (TPSA) is 80.4 Å². The molecule has 1 aliphatic carbocycles. The fraction of sp³-hybridized carbons (Fsp3) is 0.400. The van der Waals surface area contributed by atoms with Gasteiger partial charge < -0.3 is 19.8 Å². The number of hydrogen-bond acceptors (Lipinski definition) is 4. The fourth-order valence-corrected chi connectivity index (χ4v) is 3.84. The molecule has 0 saturated carbocycles. The highest BCUT2D eigenvalue weighted by Gasteiger charge is 2.26. The molecule has 2 aromatic rings. The molecule has 2 heterocycles. The van der Waals surface area contributed by atoms with Crippen LogP contribution in [0.3, 0.4) is 0 Å². The van der Waals surface area contributed by atoms with Crippen LogP contribution in [0.1, 0.15) is 56.1 Å². The SMILES string of the molecule is Cc1c(C(=O)NCCc2cc(F)cc3c2OCOC3)[nH]c2c1C(=O)CCC2. The second-order valence-electron chi connectivity index (χ2n) is 6.92. The molecule has 6 nitrogen and oxygen atoms in total. The third-order valence-corrected chi connectivity index (χ3v) is 5.10. The number of fused-ring (bicyclic) bond motifs is 2. The third kappa shape index (κ3) is 3.35. The highest BCUT2D eigenvalue weighted by molar-refractivity contribution is 6.04. The summed E-state index contributed by atoms with van der Waals surface area (Å²) in [6, 6.07) is 2.83. The molecule has 1 amide bonds. The van der Waals surface area contributed by atoms with Crippen molar-refractivity contribution in [2.75, 3.05) is 13.3 Å². The molecular weight excluding hydrogens is 351 g/mol. The maximum atomic E-state index is 13.8. The molecule has 0 fully saturated rings. The first-order chi connectivity index (χ1) is 13.0. The molecule has 4 rings (SSSR count). The Bertz CT molecular complexity index is 919. The summed E-state index contributed by atoms with van der Waals surface area (Å²) in [5.74, 6) is 0.114. The summed E-state index contributed by atoms with van der Waals surface area (Å²) < 4.78 is 24.5. The lowest BCUT2D eigenvalue weighted by molar-refractivity contribution is -0.0172. The Morgan fingerprint density at radius 2 is 2.19 bits per heavy atom. The van der Waals surface area contributed by atoms with Crippen LogP contribution in [0.25, 0.3) is 0 Å². The minimum atomic E-state index is -0.351. The predicted octanol–water partition coefficient (Wildman–Crippen LogP) is 2.82. The number of amides is 1. The summed E-state index contributed by atoms with van der Waals surface area (Å²) >= 11 is 0. The number of aryl methyl sites for hydroxylation is 1. The summed E-state index contributed by atoms with van der Waals surface area (Å²) in [4.78, 5) is 27.8. The zero-order valence-electron chi connectivity index (χ0n) is 15.1. The van der Waals surface area contributed by atoms with Gasteiger partial charge in [0.1, 0.15) is 17.3 Å². The van der Waals surface area contributed by atoms with E-state index in [2.05, 4.69) is 10.3 Å². The average molecular weight is 372 g/mol. The van der Waals surface area contributed by atoms with Gasteiger partial charge in [-0.15, -0.1) is 0 Å². The van der Waals surface area contributed by atoms with E-state index in [0.29, 0.717) is 59.7 Å². The van der Waals surface area contributed by atoms with Crippen molar-refractivity contribution in [2.24, 2.45) is 0 Å². The number of ether oxygens (including phenoxy) is 2. The molecule has 0 spiro atoms. The number of carbonyl (C=O) groups is 2. The van der Waals surface area contributed by atoms with Crippen LogP contribution in [0, 0.1) is 12.7 Å². The highest BCUT2D eigenvalue weighted by Crippen LogP contribution is 2.30. The molecule has 1 aliphatic heterocycles. The lowest BCUT2D eigenvalue weighted by Gasteiger charge is -2.21. The second kappa shape index (κ2) is 7.15. The molecule has 142 valence electrons. The normalized spacial score (nSPS) is 15.7. The Labute approximate surface area is 156 Å². The van der Waals surface area contributed by atoms with Crippen molar-refractivity contribution in [2.45, 2.75) is 39.2 Å². The van der Waals surface area contributed by atoms with E-state index in [0.717, 1.165) is 18.5 Å². The van der Waals surface area contributed by atoms with E-state index in [-0.39, 0.29) is 24.3 Å². The van der Waals surface area contributed by atoms with Gasteiger partial charge in [-0.05, 0) is 49.4 Å². The summed E-state index contributed by atoms with van der Waals surface area (Å²) in [5, 5.41) is 2.85. The quantitative estimate of drug-likeness (QED) is 0.865. The van der Waals surface area contributed by atoms with Crippen molar-refractivity contribution in [1.82, 2.24) is 10.3 Å². The van der Waals surface area contributed by atoms with E-state index in [9.17, 15) is 14.0 Å². The Balaban J connectivity index is 1.45. The van der Waals surface area contributed by atoms with Gasteiger partial charge in [0.25, 0.3) is 5.91 Å². The highest BCUT2D eigenvalue weighted by atomic mass is 19.1. The van der Waals surface area contributed by atoms with Gasteiger partial charge in [-0.3, -0.25) is 9.59 Å². The Morgan fingerprint density at radius 1 is 1.33 bits per heavy atom. The molecule has 0 saturated heterocycles. The molecule has 1 aromatic carbocycles. The van der Waals surface area contributed by atoms with E-state index in [1.54, 1.807) is 6.92 Å². The van der Waals surface area contributed by atoms with Crippen LogP contribution < -0.4 is 10.1 Å². The molecule has 0 radical (unpaired) electrons.